The molecule has 2 aromatic rings. The van der Waals surface area contributed by atoms with Crippen LogP contribution in [0.5, 0.6) is 0 Å². The smallest absolute Gasteiger partial charge is 0.246 e. The molecule has 6 nitrogen and oxygen atoms in total. The second kappa shape index (κ2) is 11.1. The van der Waals surface area contributed by atoms with Crippen LogP contribution in [0.2, 0.25) is 0 Å². The van der Waals surface area contributed by atoms with Crippen molar-refractivity contribution in [3.8, 4) is 0 Å². The fourth-order valence-corrected chi connectivity index (χ4v) is 4.15. The number of piperidine rings is 1. The summed E-state index contributed by atoms with van der Waals surface area (Å²) in [6, 6.07) is 17.9. The first-order chi connectivity index (χ1) is 15.7. The molecule has 0 bridgehead atoms. The van der Waals surface area contributed by atoms with Crippen molar-refractivity contribution in [1.29, 1.82) is 0 Å². The van der Waals surface area contributed by atoms with Gasteiger partial charge in [0.05, 0.1) is 13.2 Å². The number of hydrogen-bond donors (Lipinski definition) is 1. The standard InChI is InChI=1S/C26H31N3O3/c30-25(11-8-21-4-2-1-3-5-21)29-14-12-23(13-15-29)26(31)27-24-9-6-22(7-10-24)20-28-16-18-32-19-17-28/h1-11,23H,12-20H2,(H,27,31)/b11-8+. The number of morpholine rings is 1. The van der Waals surface area contributed by atoms with Crippen LogP contribution < -0.4 is 5.32 Å². The van der Waals surface area contributed by atoms with Crippen LogP contribution in [0, 0.1) is 5.92 Å². The molecular formula is C26H31N3O3. The molecule has 0 atom stereocenters. The van der Waals surface area contributed by atoms with Gasteiger partial charge in [-0.3, -0.25) is 14.5 Å². The van der Waals surface area contributed by atoms with Gasteiger partial charge in [-0.15, -0.1) is 0 Å². The summed E-state index contributed by atoms with van der Waals surface area (Å²) in [6.45, 7) is 5.62. The number of amides is 2. The molecule has 1 N–H and O–H groups in total. The highest BCUT2D eigenvalue weighted by atomic mass is 16.5. The van der Waals surface area contributed by atoms with E-state index >= 15 is 0 Å². The SMILES string of the molecule is O=C(Nc1ccc(CN2CCOCC2)cc1)C1CCN(C(=O)/C=C/c2ccccc2)CC1. The van der Waals surface area contributed by atoms with E-state index in [0.717, 1.165) is 44.1 Å². The van der Waals surface area contributed by atoms with Crippen molar-refractivity contribution >= 4 is 23.6 Å². The maximum Gasteiger partial charge on any atom is 0.246 e. The topological polar surface area (TPSA) is 61.9 Å². The lowest BCUT2D eigenvalue weighted by atomic mass is 9.95. The van der Waals surface area contributed by atoms with Crippen molar-refractivity contribution in [2.75, 3.05) is 44.7 Å². The Labute approximate surface area is 189 Å². The van der Waals surface area contributed by atoms with Crippen LogP contribution in [0.25, 0.3) is 6.08 Å². The zero-order chi connectivity index (χ0) is 22.2. The van der Waals surface area contributed by atoms with Crippen LogP contribution in [0.3, 0.4) is 0 Å². The van der Waals surface area contributed by atoms with Crippen LogP contribution in [-0.2, 0) is 20.9 Å². The van der Waals surface area contributed by atoms with E-state index in [-0.39, 0.29) is 17.7 Å². The Morgan fingerprint density at radius 1 is 0.938 bits per heavy atom. The Morgan fingerprint density at radius 2 is 1.62 bits per heavy atom. The molecule has 168 valence electrons. The van der Waals surface area contributed by atoms with Crippen molar-refractivity contribution in [2.45, 2.75) is 19.4 Å². The normalized spacial score (nSPS) is 18.1. The Morgan fingerprint density at radius 3 is 2.31 bits per heavy atom. The highest BCUT2D eigenvalue weighted by Crippen LogP contribution is 2.21. The lowest BCUT2D eigenvalue weighted by Gasteiger charge is -2.30. The molecule has 2 aliphatic heterocycles. The van der Waals surface area contributed by atoms with Crippen molar-refractivity contribution in [2.24, 2.45) is 5.92 Å². The first kappa shape index (κ1) is 22.2. The average molecular weight is 434 g/mol. The number of nitrogens with zero attached hydrogens (tertiary/aromatic N) is 2. The van der Waals surface area contributed by atoms with E-state index in [1.807, 2.05) is 53.4 Å². The van der Waals surface area contributed by atoms with E-state index in [0.29, 0.717) is 25.9 Å². The number of nitrogens with one attached hydrogen (secondary N) is 1. The van der Waals surface area contributed by atoms with E-state index in [2.05, 4.69) is 22.3 Å². The third-order valence-electron chi connectivity index (χ3n) is 6.13. The summed E-state index contributed by atoms with van der Waals surface area (Å²) in [6.07, 6.45) is 4.83. The summed E-state index contributed by atoms with van der Waals surface area (Å²) < 4.78 is 5.39. The Bertz CT molecular complexity index is 913. The third kappa shape index (κ3) is 6.28. The summed E-state index contributed by atoms with van der Waals surface area (Å²) in [4.78, 5) is 29.3. The average Bonchev–Trinajstić information content (AvgIpc) is 2.85. The molecule has 2 saturated heterocycles. The summed E-state index contributed by atoms with van der Waals surface area (Å²) >= 11 is 0. The van der Waals surface area contributed by atoms with Gasteiger partial charge >= 0.3 is 0 Å². The molecule has 2 amide bonds. The number of carbonyl (C=O) groups is 2. The van der Waals surface area contributed by atoms with Gasteiger partial charge in [-0.1, -0.05) is 42.5 Å². The highest BCUT2D eigenvalue weighted by molar-refractivity contribution is 5.94. The summed E-state index contributed by atoms with van der Waals surface area (Å²) in [5.41, 5.74) is 3.07. The molecule has 0 radical (unpaired) electrons. The molecule has 0 unspecified atom stereocenters. The largest absolute Gasteiger partial charge is 0.379 e. The van der Waals surface area contributed by atoms with Crippen molar-refractivity contribution in [3.05, 3.63) is 71.8 Å². The van der Waals surface area contributed by atoms with Crippen molar-refractivity contribution < 1.29 is 14.3 Å². The second-order valence-corrected chi connectivity index (χ2v) is 8.42. The quantitative estimate of drug-likeness (QED) is 0.710. The van der Waals surface area contributed by atoms with E-state index in [4.69, 9.17) is 4.74 Å². The number of likely N-dealkylation sites (tertiary alicyclic amines) is 1. The van der Waals surface area contributed by atoms with Crippen LogP contribution in [0.15, 0.2) is 60.7 Å². The minimum Gasteiger partial charge on any atom is -0.379 e. The molecule has 2 heterocycles. The van der Waals surface area contributed by atoms with Gasteiger partial charge in [-0.05, 0) is 42.2 Å². The Hall–Kier alpha value is -2.96. The summed E-state index contributed by atoms with van der Waals surface area (Å²) in [5, 5.41) is 3.04. The van der Waals surface area contributed by atoms with E-state index in [9.17, 15) is 9.59 Å². The number of benzene rings is 2. The minimum atomic E-state index is -0.0646. The summed E-state index contributed by atoms with van der Waals surface area (Å²) in [7, 11) is 0. The Kier molecular flexibility index (Phi) is 7.69. The summed E-state index contributed by atoms with van der Waals surface area (Å²) in [5.74, 6) is -0.0217. The van der Waals surface area contributed by atoms with Gasteiger partial charge in [-0.25, -0.2) is 0 Å². The third-order valence-corrected chi connectivity index (χ3v) is 6.13. The lowest BCUT2D eigenvalue weighted by Crippen LogP contribution is -2.40. The van der Waals surface area contributed by atoms with Gasteiger partial charge in [0.1, 0.15) is 0 Å². The van der Waals surface area contributed by atoms with Crippen LogP contribution in [0.1, 0.15) is 24.0 Å². The first-order valence-electron chi connectivity index (χ1n) is 11.4. The molecule has 6 heteroatoms. The zero-order valence-electron chi connectivity index (χ0n) is 18.4. The van der Waals surface area contributed by atoms with Crippen LogP contribution in [-0.4, -0.2) is 61.0 Å². The number of hydrogen-bond acceptors (Lipinski definition) is 4. The van der Waals surface area contributed by atoms with E-state index in [1.54, 1.807) is 6.08 Å². The molecule has 4 rings (SSSR count). The predicted octanol–water partition coefficient (Wildman–Crippen LogP) is 3.41. The van der Waals surface area contributed by atoms with E-state index in [1.165, 1.54) is 5.56 Å². The Balaban J connectivity index is 1.22. The number of anilines is 1. The van der Waals surface area contributed by atoms with Gasteiger partial charge in [0.25, 0.3) is 0 Å². The van der Waals surface area contributed by atoms with Crippen LogP contribution >= 0.6 is 0 Å². The molecule has 0 saturated carbocycles. The number of ether oxygens (including phenoxy) is 1. The van der Waals surface area contributed by atoms with Crippen molar-refractivity contribution in [3.63, 3.8) is 0 Å². The fourth-order valence-electron chi connectivity index (χ4n) is 4.15. The van der Waals surface area contributed by atoms with Gasteiger partial charge < -0.3 is 15.0 Å². The lowest BCUT2D eigenvalue weighted by molar-refractivity contribution is -0.130. The predicted molar refractivity (Wildman–Crippen MR) is 126 cm³/mol. The van der Waals surface area contributed by atoms with Crippen LogP contribution in [0.4, 0.5) is 5.69 Å². The molecule has 0 aromatic heterocycles. The number of carbonyl (C=O) groups excluding carboxylic acids is 2. The van der Waals surface area contributed by atoms with Gasteiger partial charge in [0, 0.05) is 50.4 Å². The minimum absolute atomic E-state index is 0.00330. The molecule has 0 spiro atoms. The maximum absolute atomic E-state index is 12.7. The number of rotatable bonds is 6. The molecule has 2 aromatic carbocycles. The molecule has 2 aliphatic rings. The fraction of sp³-hybridized carbons (Fsp3) is 0.385. The van der Waals surface area contributed by atoms with E-state index < -0.39 is 0 Å². The zero-order valence-corrected chi connectivity index (χ0v) is 18.4. The first-order valence-corrected chi connectivity index (χ1v) is 11.4. The monoisotopic (exact) mass is 433 g/mol. The second-order valence-electron chi connectivity index (χ2n) is 8.42. The molecular weight excluding hydrogens is 402 g/mol. The van der Waals surface area contributed by atoms with Gasteiger partial charge in [0.15, 0.2) is 0 Å². The molecule has 32 heavy (non-hydrogen) atoms. The molecule has 2 fully saturated rings. The van der Waals surface area contributed by atoms with Crippen molar-refractivity contribution in [1.82, 2.24) is 9.80 Å². The van der Waals surface area contributed by atoms with Gasteiger partial charge in [0.2, 0.25) is 11.8 Å². The molecule has 0 aliphatic carbocycles. The maximum atomic E-state index is 12.7. The van der Waals surface area contributed by atoms with Gasteiger partial charge in [-0.2, -0.15) is 0 Å². The highest BCUT2D eigenvalue weighted by Gasteiger charge is 2.26.